The molecule has 30 heavy (non-hydrogen) atoms. The number of aromatic amines is 1. The van der Waals surface area contributed by atoms with Crippen LogP contribution < -0.4 is 5.32 Å². The van der Waals surface area contributed by atoms with Crippen molar-refractivity contribution in [3.8, 4) is 0 Å². The second kappa shape index (κ2) is 8.68. The van der Waals surface area contributed by atoms with Crippen LogP contribution in [0.25, 0.3) is 10.9 Å². The number of rotatable bonds is 4. The molecule has 2 N–H and O–H groups in total. The third-order valence-electron chi connectivity index (χ3n) is 6.24. The normalized spacial score (nSPS) is 21.8. The van der Waals surface area contributed by atoms with E-state index in [9.17, 15) is 14.4 Å². The Kier molecular flexibility index (Phi) is 5.99. The molecule has 8 heteroatoms. The van der Waals surface area contributed by atoms with Crippen LogP contribution in [0.3, 0.4) is 0 Å². The summed E-state index contributed by atoms with van der Waals surface area (Å²) in [7, 11) is 1.78. The number of hydrogen-bond donors (Lipinski definition) is 2. The number of carbonyl (C=O) groups excluding carboxylic acids is 3. The number of amides is 3. The summed E-state index contributed by atoms with van der Waals surface area (Å²) in [6, 6.07) is 7.42. The monoisotopic (exact) mass is 430 g/mol. The van der Waals surface area contributed by atoms with Crippen molar-refractivity contribution < 1.29 is 14.4 Å². The van der Waals surface area contributed by atoms with E-state index in [1.807, 2.05) is 29.2 Å². The van der Waals surface area contributed by atoms with Crippen molar-refractivity contribution in [1.82, 2.24) is 20.1 Å². The Bertz CT molecular complexity index is 972. The van der Waals surface area contributed by atoms with E-state index in [4.69, 9.17) is 11.6 Å². The molecule has 0 bridgehead atoms. The van der Waals surface area contributed by atoms with E-state index in [0.717, 1.165) is 29.4 Å². The lowest BCUT2D eigenvalue weighted by atomic mass is 10.0. The zero-order chi connectivity index (χ0) is 21.3. The standard InChI is InChI=1S/C22H27ClN4O3/c1-26(18-3-2-8-27(13-18)21(29)14-4-6-19(28)11-14)22(30)24-12-17-10-15-9-16(23)5-7-20(15)25-17/h5,7,9-10,14,18,25H,2-4,6,8,11-13H2,1H3,(H,24,30)/t14?,18-/m1/s1. The number of likely N-dealkylation sites (tertiary alicyclic amines) is 1. The van der Waals surface area contributed by atoms with E-state index in [1.165, 1.54) is 0 Å². The van der Waals surface area contributed by atoms with Gasteiger partial charge in [0, 0.05) is 60.5 Å². The molecule has 1 unspecified atom stereocenters. The molecule has 1 saturated heterocycles. The summed E-state index contributed by atoms with van der Waals surface area (Å²) in [5.41, 5.74) is 1.88. The number of hydrogen-bond acceptors (Lipinski definition) is 3. The molecule has 1 aromatic heterocycles. The zero-order valence-electron chi connectivity index (χ0n) is 17.1. The van der Waals surface area contributed by atoms with Gasteiger partial charge in [-0.15, -0.1) is 0 Å². The topological polar surface area (TPSA) is 85.5 Å². The Morgan fingerprint density at radius 3 is 2.90 bits per heavy atom. The average Bonchev–Trinajstić information content (AvgIpc) is 3.36. The molecule has 2 atom stereocenters. The average molecular weight is 431 g/mol. The molecule has 1 saturated carbocycles. The number of urea groups is 1. The third-order valence-corrected chi connectivity index (χ3v) is 6.47. The minimum Gasteiger partial charge on any atom is -0.357 e. The number of fused-ring (bicyclic) bond motifs is 1. The van der Waals surface area contributed by atoms with Crippen LogP contribution in [-0.4, -0.2) is 58.7 Å². The summed E-state index contributed by atoms with van der Waals surface area (Å²) >= 11 is 6.03. The van der Waals surface area contributed by atoms with Crippen molar-refractivity contribution in [2.45, 2.75) is 44.7 Å². The highest BCUT2D eigenvalue weighted by molar-refractivity contribution is 6.31. The smallest absolute Gasteiger partial charge is 0.317 e. The van der Waals surface area contributed by atoms with E-state index < -0.39 is 0 Å². The maximum atomic E-state index is 12.7. The highest BCUT2D eigenvalue weighted by Gasteiger charge is 2.35. The molecule has 0 radical (unpaired) electrons. The van der Waals surface area contributed by atoms with Crippen LogP contribution in [-0.2, 0) is 16.1 Å². The number of aromatic nitrogens is 1. The molecule has 0 spiro atoms. The first-order valence-electron chi connectivity index (χ1n) is 10.5. The minimum atomic E-state index is -0.175. The second-order valence-corrected chi connectivity index (χ2v) is 8.79. The van der Waals surface area contributed by atoms with Gasteiger partial charge >= 0.3 is 6.03 Å². The molecule has 2 heterocycles. The Morgan fingerprint density at radius 2 is 2.13 bits per heavy atom. The van der Waals surface area contributed by atoms with Crippen molar-refractivity contribution in [3.05, 3.63) is 35.0 Å². The van der Waals surface area contributed by atoms with Crippen LogP contribution in [0.5, 0.6) is 0 Å². The van der Waals surface area contributed by atoms with Gasteiger partial charge in [-0.25, -0.2) is 4.79 Å². The molecular formula is C22H27ClN4O3. The summed E-state index contributed by atoms with van der Waals surface area (Å²) in [6.45, 7) is 1.61. The molecule has 2 aromatic rings. The maximum absolute atomic E-state index is 12.7. The van der Waals surface area contributed by atoms with Gasteiger partial charge in [0.1, 0.15) is 5.78 Å². The number of likely N-dealkylation sites (N-methyl/N-ethyl adjacent to an activating group) is 1. The van der Waals surface area contributed by atoms with Gasteiger partial charge in [-0.3, -0.25) is 9.59 Å². The van der Waals surface area contributed by atoms with Gasteiger partial charge < -0.3 is 20.1 Å². The lowest BCUT2D eigenvalue weighted by molar-refractivity contribution is -0.138. The number of nitrogens with one attached hydrogen (secondary N) is 2. The van der Waals surface area contributed by atoms with Crippen LogP contribution >= 0.6 is 11.6 Å². The molecule has 1 aliphatic carbocycles. The predicted octanol–water partition coefficient (Wildman–Crippen LogP) is 3.32. The Balaban J connectivity index is 1.32. The molecule has 2 aliphatic rings. The Morgan fingerprint density at radius 1 is 1.30 bits per heavy atom. The lowest BCUT2D eigenvalue weighted by Crippen LogP contribution is -2.53. The van der Waals surface area contributed by atoms with Crippen LogP contribution in [0, 0.1) is 5.92 Å². The van der Waals surface area contributed by atoms with Crippen molar-refractivity contribution in [3.63, 3.8) is 0 Å². The minimum absolute atomic E-state index is 0.0266. The molecule has 2 fully saturated rings. The largest absolute Gasteiger partial charge is 0.357 e. The zero-order valence-corrected chi connectivity index (χ0v) is 17.9. The van der Waals surface area contributed by atoms with Gasteiger partial charge in [-0.05, 0) is 43.5 Å². The number of Topliss-reactive ketones (excluding diaryl/α,β-unsaturated/α-hetero) is 1. The number of nitrogens with zero attached hydrogens (tertiary/aromatic N) is 2. The van der Waals surface area contributed by atoms with Crippen LogP contribution in [0.2, 0.25) is 5.02 Å². The summed E-state index contributed by atoms with van der Waals surface area (Å²) in [5.74, 6) is 0.0691. The van der Waals surface area contributed by atoms with Crippen LogP contribution in [0.4, 0.5) is 4.79 Å². The van der Waals surface area contributed by atoms with Gasteiger partial charge in [0.05, 0.1) is 12.6 Å². The van der Waals surface area contributed by atoms with Crippen molar-refractivity contribution >= 4 is 40.2 Å². The maximum Gasteiger partial charge on any atom is 0.317 e. The molecule has 3 amide bonds. The number of piperidine rings is 1. The predicted molar refractivity (Wildman–Crippen MR) is 115 cm³/mol. The van der Waals surface area contributed by atoms with Gasteiger partial charge in [0.15, 0.2) is 0 Å². The van der Waals surface area contributed by atoms with Crippen molar-refractivity contribution in [1.29, 1.82) is 0 Å². The fourth-order valence-corrected chi connectivity index (χ4v) is 4.65. The first-order chi connectivity index (χ1) is 14.4. The fourth-order valence-electron chi connectivity index (χ4n) is 4.47. The van der Waals surface area contributed by atoms with Crippen molar-refractivity contribution in [2.24, 2.45) is 5.92 Å². The van der Waals surface area contributed by atoms with Crippen LogP contribution in [0.1, 0.15) is 37.8 Å². The third kappa shape index (κ3) is 4.46. The molecule has 4 rings (SSSR count). The van der Waals surface area contributed by atoms with Gasteiger partial charge in [-0.2, -0.15) is 0 Å². The number of carbonyl (C=O) groups is 3. The SMILES string of the molecule is CN(C(=O)NCc1cc2cc(Cl)ccc2[nH]1)[C@@H]1CCCN(C(=O)C2CCC(=O)C2)C1. The Hall–Kier alpha value is -2.54. The molecule has 1 aromatic carbocycles. The molecule has 1 aliphatic heterocycles. The van der Waals surface area contributed by atoms with E-state index in [0.29, 0.717) is 43.9 Å². The Labute approximate surface area is 180 Å². The van der Waals surface area contributed by atoms with E-state index in [1.54, 1.807) is 11.9 Å². The summed E-state index contributed by atoms with van der Waals surface area (Å²) in [4.78, 5) is 43.8. The van der Waals surface area contributed by atoms with E-state index in [2.05, 4.69) is 10.3 Å². The van der Waals surface area contributed by atoms with Gasteiger partial charge in [-0.1, -0.05) is 11.6 Å². The fraction of sp³-hybridized carbons (Fsp3) is 0.500. The molecule has 160 valence electrons. The lowest BCUT2D eigenvalue weighted by Gasteiger charge is -2.38. The number of H-pyrrole nitrogens is 1. The van der Waals surface area contributed by atoms with E-state index >= 15 is 0 Å². The van der Waals surface area contributed by atoms with Gasteiger partial charge in [0.25, 0.3) is 0 Å². The summed E-state index contributed by atoms with van der Waals surface area (Å²) in [5, 5.41) is 4.63. The van der Waals surface area contributed by atoms with E-state index in [-0.39, 0.29) is 29.7 Å². The quantitative estimate of drug-likeness (QED) is 0.780. The highest BCUT2D eigenvalue weighted by Crippen LogP contribution is 2.26. The molecule has 7 nitrogen and oxygen atoms in total. The first kappa shape index (κ1) is 20.7. The number of ketones is 1. The summed E-state index contributed by atoms with van der Waals surface area (Å²) < 4.78 is 0. The van der Waals surface area contributed by atoms with Crippen LogP contribution in [0.15, 0.2) is 24.3 Å². The second-order valence-electron chi connectivity index (χ2n) is 8.35. The van der Waals surface area contributed by atoms with Gasteiger partial charge in [0.2, 0.25) is 5.91 Å². The highest BCUT2D eigenvalue weighted by atomic mass is 35.5. The number of benzene rings is 1. The number of halogens is 1. The summed E-state index contributed by atoms with van der Waals surface area (Å²) in [6.07, 6.45) is 3.26. The molecular weight excluding hydrogens is 404 g/mol. The first-order valence-corrected chi connectivity index (χ1v) is 10.9. The van der Waals surface area contributed by atoms with Crippen molar-refractivity contribution in [2.75, 3.05) is 20.1 Å².